The number of carbonyl (C=O) groups excluding carboxylic acids is 1. The van der Waals surface area contributed by atoms with Crippen molar-refractivity contribution in [1.82, 2.24) is 10.2 Å². The van der Waals surface area contributed by atoms with E-state index in [9.17, 15) is 4.79 Å². The number of morpholine rings is 1. The van der Waals surface area contributed by atoms with Crippen LogP contribution in [0.5, 0.6) is 0 Å². The molecule has 0 amide bonds. The molecule has 4 nitrogen and oxygen atoms in total. The van der Waals surface area contributed by atoms with Crippen LogP contribution in [0.1, 0.15) is 0 Å². The molecule has 0 aromatic rings. The topological polar surface area (TPSA) is 41.6 Å². The van der Waals surface area contributed by atoms with E-state index in [2.05, 4.69) is 10.2 Å². The number of nitrogens with zero attached hydrogens (tertiary/aromatic N) is 1. The first-order valence-electron chi connectivity index (χ1n) is 4.63. The van der Waals surface area contributed by atoms with Crippen LogP contribution in [-0.4, -0.2) is 37.1 Å². The highest BCUT2D eigenvalue weighted by atomic mass is 16.5. The molecule has 0 aliphatic carbocycles. The molecule has 0 bridgehead atoms. The molecule has 0 atom stereocenters. The Balaban J connectivity index is 2.17. The maximum absolute atomic E-state index is 10.7. The van der Waals surface area contributed by atoms with Crippen molar-refractivity contribution in [3.63, 3.8) is 0 Å². The average Bonchev–Trinajstić information content (AvgIpc) is 2.30. The number of rotatable bonds is 1. The molecule has 2 rings (SSSR count). The first-order chi connectivity index (χ1) is 6.92. The van der Waals surface area contributed by atoms with E-state index in [4.69, 9.17) is 4.74 Å². The molecule has 74 valence electrons. The summed E-state index contributed by atoms with van der Waals surface area (Å²) in [6.07, 6.45) is 5.53. The molecule has 2 heterocycles. The zero-order chi connectivity index (χ0) is 9.80. The minimum Gasteiger partial charge on any atom is -0.378 e. The summed E-state index contributed by atoms with van der Waals surface area (Å²) in [5, 5.41) is 2.88. The van der Waals surface area contributed by atoms with Crippen LogP contribution >= 0.6 is 0 Å². The van der Waals surface area contributed by atoms with Gasteiger partial charge in [-0.25, -0.2) is 4.79 Å². The van der Waals surface area contributed by atoms with Crippen LogP contribution in [0.25, 0.3) is 0 Å². The van der Waals surface area contributed by atoms with Gasteiger partial charge in [0.25, 0.3) is 0 Å². The van der Waals surface area contributed by atoms with Crippen molar-refractivity contribution in [1.29, 1.82) is 0 Å². The van der Waals surface area contributed by atoms with Crippen molar-refractivity contribution in [3.05, 3.63) is 29.7 Å². The molecule has 1 saturated heterocycles. The van der Waals surface area contributed by atoms with Crippen LogP contribution in [0.3, 0.4) is 0 Å². The Morgan fingerprint density at radius 3 is 2.93 bits per heavy atom. The fraction of sp³-hybridized carbons (Fsp3) is 0.400. The molecule has 0 aromatic heterocycles. The Kier molecular flexibility index (Phi) is 2.68. The van der Waals surface area contributed by atoms with Gasteiger partial charge in [0, 0.05) is 19.3 Å². The number of ether oxygens (including phenoxy) is 1. The Morgan fingerprint density at radius 1 is 1.43 bits per heavy atom. The summed E-state index contributed by atoms with van der Waals surface area (Å²) in [6, 6.07) is 0. The fourth-order valence-electron chi connectivity index (χ4n) is 1.58. The van der Waals surface area contributed by atoms with E-state index in [1.807, 2.05) is 18.1 Å². The van der Waals surface area contributed by atoms with Crippen molar-refractivity contribution in [3.8, 4) is 0 Å². The third kappa shape index (κ3) is 1.71. The number of hydrogen-bond donors (Lipinski definition) is 1. The van der Waals surface area contributed by atoms with Crippen LogP contribution in [0.4, 0.5) is 0 Å². The van der Waals surface area contributed by atoms with E-state index < -0.39 is 0 Å². The summed E-state index contributed by atoms with van der Waals surface area (Å²) in [6.45, 7) is 3.08. The SMILES string of the molecule is O=C=C1NC=CC=C1N1CCOCC1. The van der Waals surface area contributed by atoms with Gasteiger partial charge in [0.15, 0.2) is 5.94 Å². The minimum absolute atomic E-state index is 0.509. The zero-order valence-electron chi connectivity index (χ0n) is 7.82. The molecule has 2 aliphatic heterocycles. The number of dihydropyridines is 1. The number of nitrogens with one attached hydrogen (secondary N) is 1. The molecular weight excluding hydrogens is 180 g/mol. The summed E-state index contributed by atoms with van der Waals surface area (Å²) in [5.41, 5.74) is 1.42. The Bertz CT molecular complexity index is 321. The number of hydrogen-bond acceptors (Lipinski definition) is 4. The first kappa shape index (κ1) is 9.06. The minimum atomic E-state index is 0.509. The third-order valence-corrected chi connectivity index (χ3v) is 2.29. The zero-order valence-corrected chi connectivity index (χ0v) is 7.82. The van der Waals surface area contributed by atoms with Gasteiger partial charge in [0.2, 0.25) is 0 Å². The lowest BCUT2D eigenvalue weighted by Crippen LogP contribution is -2.38. The Hall–Kier alpha value is -1.51. The Morgan fingerprint density at radius 2 is 2.21 bits per heavy atom. The molecule has 0 unspecified atom stereocenters. The first-order valence-corrected chi connectivity index (χ1v) is 4.63. The summed E-state index contributed by atoms with van der Waals surface area (Å²) in [4.78, 5) is 12.8. The van der Waals surface area contributed by atoms with Gasteiger partial charge in [-0.15, -0.1) is 0 Å². The molecule has 0 aromatic carbocycles. The van der Waals surface area contributed by atoms with E-state index in [0.717, 1.165) is 18.8 Å². The van der Waals surface area contributed by atoms with Crippen molar-refractivity contribution in [2.75, 3.05) is 26.3 Å². The largest absolute Gasteiger partial charge is 0.378 e. The predicted octanol–water partition coefficient (Wildman–Crippen LogP) is 0.0349. The smallest absolute Gasteiger partial charge is 0.152 e. The van der Waals surface area contributed by atoms with Crippen molar-refractivity contribution in [2.45, 2.75) is 0 Å². The van der Waals surface area contributed by atoms with E-state index in [1.54, 1.807) is 6.20 Å². The summed E-state index contributed by atoms with van der Waals surface area (Å²) < 4.78 is 5.24. The van der Waals surface area contributed by atoms with Crippen LogP contribution in [0.2, 0.25) is 0 Å². The highest BCUT2D eigenvalue weighted by Crippen LogP contribution is 2.15. The fourth-order valence-corrected chi connectivity index (χ4v) is 1.58. The van der Waals surface area contributed by atoms with Gasteiger partial charge in [-0.3, -0.25) is 0 Å². The summed E-state index contributed by atoms with van der Waals surface area (Å²) in [5.74, 6) is 1.90. The van der Waals surface area contributed by atoms with E-state index in [1.165, 1.54) is 0 Å². The third-order valence-electron chi connectivity index (χ3n) is 2.29. The van der Waals surface area contributed by atoms with Crippen LogP contribution in [0, 0.1) is 0 Å². The maximum Gasteiger partial charge on any atom is 0.152 e. The molecule has 0 spiro atoms. The summed E-state index contributed by atoms with van der Waals surface area (Å²) >= 11 is 0. The van der Waals surface area contributed by atoms with Crippen LogP contribution in [0.15, 0.2) is 29.7 Å². The van der Waals surface area contributed by atoms with Gasteiger partial charge < -0.3 is 15.0 Å². The van der Waals surface area contributed by atoms with Crippen LogP contribution in [-0.2, 0) is 9.53 Å². The predicted molar refractivity (Wildman–Crippen MR) is 52.0 cm³/mol. The van der Waals surface area contributed by atoms with Gasteiger partial charge >= 0.3 is 0 Å². The molecule has 1 N–H and O–H groups in total. The highest BCUT2D eigenvalue weighted by Gasteiger charge is 2.18. The monoisotopic (exact) mass is 192 g/mol. The van der Waals surface area contributed by atoms with Gasteiger partial charge in [0.1, 0.15) is 5.70 Å². The quantitative estimate of drug-likeness (QED) is 0.595. The molecule has 14 heavy (non-hydrogen) atoms. The lowest BCUT2D eigenvalue weighted by Gasteiger charge is -2.31. The van der Waals surface area contributed by atoms with Gasteiger partial charge in [-0.05, 0) is 12.2 Å². The van der Waals surface area contributed by atoms with E-state index in [0.29, 0.717) is 18.9 Å². The van der Waals surface area contributed by atoms with Gasteiger partial charge in [0.05, 0.1) is 18.9 Å². The standard InChI is InChI=1S/C10H12N2O2/c13-8-9-10(2-1-3-11-9)12-4-6-14-7-5-12/h1-3,11H,4-7H2. The Labute approximate surface area is 82.5 Å². The van der Waals surface area contributed by atoms with Gasteiger partial charge in [-0.2, -0.15) is 0 Å². The lowest BCUT2D eigenvalue weighted by atomic mass is 10.2. The number of allylic oxidation sites excluding steroid dienone is 2. The van der Waals surface area contributed by atoms with Crippen molar-refractivity contribution >= 4 is 5.94 Å². The molecule has 0 saturated carbocycles. The average molecular weight is 192 g/mol. The summed E-state index contributed by atoms with van der Waals surface area (Å²) in [7, 11) is 0. The molecule has 1 fully saturated rings. The molecular formula is C10H12N2O2. The lowest BCUT2D eigenvalue weighted by molar-refractivity contribution is 0.0545. The molecule has 4 heteroatoms. The van der Waals surface area contributed by atoms with Crippen molar-refractivity contribution < 1.29 is 9.53 Å². The van der Waals surface area contributed by atoms with Crippen LogP contribution < -0.4 is 5.32 Å². The molecule has 0 radical (unpaired) electrons. The second-order valence-electron chi connectivity index (χ2n) is 3.13. The van der Waals surface area contributed by atoms with E-state index >= 15 is 0 Å². The van der Waals surface area contributed by atoms with Gasteiger partial charge in [-0.1, -0.05) is 0 Å². The normalized spacial score (nSPS) is 21.3. The van der Waals surface area contributed by atoms with Crippen molar-refractivity contribution in [2.24, 2.45) is 0 Å². The highest BCUT2D eigenvalue weighted by molar-refractivity contribution is 5.61. The maximum atomic E-state index is 10.7. The second-order valence-corrected chi connectivity index (χ2v) is 3.13. The molecule has 2 aliphatic rings. The second kappa shape index (κ2) is 4.13. The van der Waals surface area contributed by atoms with E-state index in [-0.39, 0.29) is 0 Å².